The van der Waals surface area contributed by atoms with E-state index in [0.29, 0.717) is 5.56 Å². The Kier molecular flexibility index (Phi) is 9.61. The fraction of sp³-hybridized carbons (Fsp3) is 0.138. The van der Waals surface area contributed by atoms with E-state index in [1.807, 2.05) is 6.92 Å². The van der Waals surface area contributed by atoms with Gasteiger partial charge < -0.3 is 20.9 Å². The molecule has 0 spiro atoms. The first-order valence-corrected chi connectivity index (χ1v) is 11.6. The molecule has 3 rings (SSSR count). The van der Waals surface area contributed by atoms with Crippen molar-refractivity contribution in [3.8, 4) is 11.5 Å². The summed E-state index contributed by atoms with van der Waals surface area (Å²) in [5.41, 5.74) is 8.43. The Morgan fingerprint density at radius 3 is 2.63 bits per heavy atom. The number of hydrogen-bond acceptors (Lipinski definition) is 5. The fourth-order valence-electron chi connectivity index (χ4n) is 3.20. The molecule has 196 valence electrons. The molecule has 38 heavy (non-hydrogen) atoms. The van der Waals surface area contributed by atoms with Crippen LogP contribution in [-0.4, -0.2) is 34.5 Å². The number of aliphatic imine (C=N–C) groups is 1. The highest BCUT2D eigenvalue weighted by atomic mass is 19.1. The average molecular weight is 519 g/mol. The van der Waals surface area contributed by atoms with E-state index in [4.69, 9.17) is 10.5 Å². The summed E-state index contributed by atoms with van der Waals surface area (Å²) in [6, 6.07) is 11.1. The summed E-state index contributed by atoms with van der Waals surface area (Å²) in [6.07, 6.45) is 7.84. The van der Waals surface area contributed by atoms with Crippen LogP contribution in [0.5, 0.6) is 11.5 Å². The number of aliphatic hydroxyl groups is 1. The molecule has 7 nitrogen and oxygen atoms in total. The minimum absolute atomic E-state index is 0.0909. The number of allylic oxidation sites excluding steroid dienone is 3. The highest BCUT2D eigenvalue weighted by molar-refractivity contribution is 6.05. The molecule has 0 fully saturated rings. The number of nitrogens with zero attached hydrogens (tertiary/aromatic N) is 2. The molecule has 0 saturated carbocycles. The quantitative estimate of drug-likeness (QED) is 0.144. The van der Waals surface area contributed by atoms with Crippen molar-refractivity contribution in [2.24, 2.45) is 10.7 Å². The second-order valence-corrected chi connectivity index (χ2v) is 8.36. The van der Waals surface area contributed by atoms with E-state index in [0.717, 1.165) is 17.2 Å². The number of nitrogens with two attached hydrogens (primary N) is 1. The second kappa shape index (κ2) is 13.1. The minimum Gasteiger partial charge on any atom is -0.453 e. The van der Waals surface area contributed by atoms with Gasteiger partial charge in [-0.3, -0.25) is 14.8 Å². The summed E-state index contributed by atoms with van der Waals surface area (Å²) in [7, 11) is 0. The Labute approximate surface area is 219 Å². The van der Waals surface area contributed by atoms with Crippen molar-refractivity contribution in [1.82, 2.24) is 4.98 Å². The standard InChI is InChI=1S/C29H28F2N4O3/c1-18(21-7-9-22(30)10-8-21)5-4-6-19(2)29(37)35-23-11-12-27(25(31)15-23)38-26-13-14-33-16-24(26)28(32)34-20(3)17-36/h4-16,20,36H,2,17H2,1,3H3,(H2,32,34)(H,35,37)/b6-4-,18-5+/t20-/m1/s1. The summed E-state index contributed by atoms with van der Waals surface area (Å²) in [4.78, 5) is 20.6. The highest BCUT2D eigenvalue weighted by Crippen LogP contribution is 2.29. The van der Waals surface area contributed by atoms with Gasteiger partial charge in [0.05, 0.1) is 18.2 Å². The van der Waals surface area contributed by atoms with Crippen LogP contribution >= 0.6 is 0 Å². The largest absolute Gasteiger partial charge is 0.453 e. The zero-order valence-electron chi connectivity index (χ0n) is 21.0. The number of carbonyl (C=O) groups is 1. The molecule has 0 aliphatic rings. The van der Waals surface area contributed by atoms with E-state index < -0.39 is 17.8 Å². The lowest BCUT2D eigenvalue weighted by atomic mass is 10.1. The van der Waals surface area contributed by atoms with Crippen LogP contribution in [0.3, 0.4) is 0 Å². The van der Waals surface area contributed by atoms with Gasteiger partial charge in [0, 0.05) is 29.7 Å². The molecule has 0 aliphatic heterocycles. The maximum Gasteiger partial charge on any atom is 0.255 e. The van der Waals surface area contributed by atoms with Gasteiger partial charge in [0.2, 0.25) is 0 Å². The topological polar surface area (TPSA) is 110 Å². The van der Waals surface area contributed by atoms with Gasteiger partial charge in [-0.15, -0.1) is 0 Å². The Hall–Kier alpha value is -4.63. The first kappa shape index (κ1) is 27.9. The third kappa shape index (κ3) is 7.68. The van der Waals surface area contributed by atoms with Gasteiger partial charge in [-0.1, -0.05) is 36.9 Å². The molecule has 1 heterocycles. The van der Waals surface area contributed by atoms with Gasteiger partial charge in [0.25, 0.3) is 5.91 Å². The summed E-state index contributed by atoms with van der Waals surface area (Å²) in [5.74, 6) is -1.33. The maximum atomic E-state index is 14.8. The monoisotopic (exact) mass is 518 g/mol. The molecule has 4 N–H and O–H groups in total. The number of aliphatic hydroxyl groups excluding tert-OH is 1. The molecular weight excluding hydrogens is 490 g/mol. The summed E-state index contributed by atoms with van der Waals surface area (Å²) in [6.45, 7) is 7.10. The van der Waals surface area contributed by atoms with E-state index >= 15 is 0 Å². The van der Waals surface area contributed by atoms with Crippen LogP contribution in [0.4, 0.5) is 14.5 Å². The zero-order valence-corrected chi connectivity index (χ0v) is 21.0. The number of aromatic nitrogens is 1. The highest BCUT2D eigenvalue weighted by Gasteiger charge is 2.14. The van der Waals surface area contributed by atoms with E-state index in [2.05, 4.69) is 21.9 Å². The Morgan fingerprint density at radius 2 is 1.95 bits per heavy atom. The van der Waals surface area contributed by atoms with Crippen LogP contribution in [-0.2, 0) is 4.79 Å². The molecule has 1 amide bonds. The predicted octanol–water partition coefficient (Wildman–Crippen LogP) is 5.39. The molecule has 3 aromatic rings. The number of hydrogen-bond donors (Lipinski definition) is 3. The SMILES string of the molecule is C=C(/C=C\C=C(/C)c1ccc(F)cc1)C(=O)Nc1ccc(Oc2ccncc2C(N)=N[C@H](C)CO)c(F)c1. The van der Waals surface area contributed by atoms with E-state index in [1.165, 1.54) is 48.8 Å². The Morgan fingerprint density at radius 1 is 1.21 bits per heavy atom. The number of anilines is 1. The summed E-state index contributed by atoms with van der Waals surface area (Å²) < 4.78 is 33.6. The number of halogens is 2. The number of nitrogens with one attached hydrogen (secondary N) is 1. The lowest BCUT2D eigenvalue weighted by Gasteiger charge is -2.13. The normalized spacial score (nSPS) is 12.9. The number of rotatable bonds is 10. The number of amides is 1. The number of pyridine rings is 1. The second-order valence-electron chi connectivity index (χ2n) is 8.36. The van der Waals surface area contributed by atoms with Crippen LogP contribution in [0.1, 0.15) is 25.0 Å². The fourth-order valence-corrected chi connectivity index (χ4v) is 3.20. The van der Waals surface area contributed by atoms with E-state index in [9.17, 15) is 18.7 Å². The summed E-state index contributed by atoms with van der Waals surface area (Å²) >= 11 is 0. The maximum absolute atomic E-state index is 14.8. The molecule has 0 radical (unpaired) electrons. The van der Waals surface area contributed by atoms with Gasteiger partial charge in [-0.25, -0.2) is 8.78 Å². The van der Waals surface area contributed by atoms with Crippen molar-refractivity contribution in [1.29, 1.82) is 0 Å². The van der Waals surface area contributed by atoms with Crippen molar-refractivity contribution >= 4 is 23.0 Å². The molecule has 1 atom stereocenters. The minimum atomic E-state index is -0.719. The van der Waals surface area contributed by atoms with Crippen molar-refractivity contribution in [2.45, 2.75) is 19.9 Å². The molecule has 0 bridgehead atoms. The van der Waals surface area contributed by atoms with Crippen LogP contribution < -0.4 is 15.8 Å². The van der Waals surface area contributed by atoms with Crippen LogP contribution in [0.15, 0.2) is 96.3 Å². The third-order valence-electron chi connectivity index (χ3n) is 5.33. The van der Waals surface area contributed by atoms with E-state index in [1.54, 1.807) is 31.2 Å². The molecule has 0 aliphatic carbocycles. The first-order valence-electron chi connectivity index (χ1n) is 11.6. The predicted molar refractivity (Wildman–Crippen MR) is 145 cm³/mol. The van der Waals surface area contributed by atoms with Crippen molar-refractivity contribution in [3.05, 3.63) is 114 Å². The van der Waals surface area contributed by atoms with Crippen LogP contribution in [0, 0.1) is 11.6 Å². The molecule has 0 unspecified atom stereocenters. The molecule has 2 aromatic carbocycles. The van der Waals surface area contributed by atoms with Gasteiger partial charge in [0.1, 0.15) is 17.4 Å². The molecule has 0 saturated heterocycles. The van der Waals surface area contributed by atoms with Crippen molar-refractivity contribution < 1.29 is 23.4 Å². The smallest absolute Gasteiger partial charge is 0.255 e. The summed E-state index contributed by atoms with van der Waals surface area (Å²) in [5, 5.41) is 11.8. The number of amidine groups is 1. The first-order chi connectivity index (χ1) is 18.2. The van der Waals surface area contributed by atoms with Crippen molar-refractivity contribution in [3.63, 3.8) is 0 Å². The molecule has 9 heteroatoms. The third-order valence-corrected chi connectivity index (χ3v) is 5.33. The Balaban J connectivity index is 1.66. The number of carbonyl (C=O) groups excluding carboxylic acids is 1. The Bertz CT molecular complexity index is 1400. The van der Waals surface area contributed by atoms with Crippen LogP contribution in [0.2, 0.25) is 0 Å². The lowest BCUT2D eigenvalue weighted by Crippen LogP contribution is -2.19. The zero-order chi connectivity index (χ0) is 27.7. The van der Waals surface area contributed by atoms with Gasteiger partial charge in [-0.05, 0) is 55.3 Å². The van der Waals surface area contributed by atoms with Gasteiger partial charge in [-0.2, -0.15) is 0 Å². The number of benzene rings is 2. The van der Waals surface area contributed by atoms with Crippen molar-refractivity contribution in [2.75, 3.05) is 11.9 Å². The van der Waals surface area contributed by atoms with Gasteiger partial charge >= 0.3 is 0 Å². The molecular formula is C29H28F2N4O3. The molecule has 1 aromatic heterocycles. The van der Waals surface area contributed by atoms with Crippen LogP contribution in [0.25, 0.3) is 5.57 Å². The van der Waals surface area contributed by atoms with Gasteiger partial charge in [0.15, 0.2) is 11.6 Å². The lowest BCUT2D eigenvalue weighted by molar-refractivity contribution is -0.112. The average Bonchev–Trinajstić information content (AvgIpc) is 2.90. The number of ether oxygens (including phenoxy) is 1. The van der Waals surface area contributed by atoms with E-state index in [-0.39, 0.29) is 41.0 Å².